The van der Waals surface area contributed by atoms with Crippen molar-refractivity contribution in [2.24, 2.45) is 0 Å². The van der Waals surface area contributed by atoms with Gasteiger partial charge in [-0.15, -0.1) is 12.4 Å². The molecule has 2 nitrogen and oxygen atoms in total. The van der Waals surface area contributed by atoms with E-state index in [0.717, 1.165) is 31.6 Å². The van der Waals surface area contributed by atoms with Crippen LogP contribution in [0.2, 0.25) is 0 Å². The van der Waals surface area contributed by atoms with E-state index in [1.165, 1.54) is 12.8 Å². The van der Waals surface area contributed by atoms with Crippen molar-refractivity contribution in [1.82, 2.24) is 5.32 Å². The van der Waals surface area contributed by atoms with Crippen LogP contribution in [0.1, 0.15) is 52.9 Å². The summed E-state index contributed by atoms with van der Waals surface area (Å²) in [5, 5.41) is 3.32. The molecule has 17 heavy (non-hydrogen) atoms. The third kappa shape index (κ3) is 8.06. The van der Waals surface area contributed by atoms with E-state index in [4.69, 9.17) is 0 Å². The molecule has 0 amide bonds. The molecular weight excluding hydrogens is 254 g/mol. The van der Waals surface area contributed by atoms with Gasteiger partial charge >= 0.3 is 0 Å². The molecule has 0 bridgehead atoms. The molecule has 102 valence electrons. The zero-order chi connectivity index (χ0) is 12.0. The number of piperidine rings is 1. The summed E-state index contributed by atoms with van der Waals surface area (Å²) < 4.78 is 0.326. The number of ketones is 1. The van der Waals surface area contributed by atoms with Crippen LogP contribution in [0.5, 0.6) is 0 Å². The molecular formula is C13H26ClNOS. The highest BCUT2D eigenvalue weighted by Gasteiger charge is 2.19. The Morgan fingerprint density at radius 3 is 2.59 bits per heavy atom. The Kier molecular flexibility index (Phi) is 8.52. The summed E-state index contributed by atoms with van der Waals surface area (Å²) in [5.74, 6) is 1.52. The van der Waals surface area contributed by atoms with Gasteiger partial charge in [0.15, 0.2) is 0 Å². The smallest absolute Gasteiger partial charge is 0.149 e. The zero-order valence-corrected chi connectivity index (χ0v) is 12.9. The fourth-order valence-electron chi connectivity index (χ4n) is 1.93. The van der Waals surface area contributed by atoms with Crippen molar-refractivity contribution in [2.75, 3.05) is 12.3 Å². The number of thioether (sulfide) groups is 1. The van der Waals surface area contributed by atoms with E-state index in [0.29, 0.717) is 10.5 Å². The first-order chi connectivity index (χ1) is 7.49. The van der Waals surface area contributed by atoms with Gasteiger partial charge in [0.2, 0.25) is 0 Å². The summed E-state index contributed by atoms with van der Waals surface area (Å²) in [7, 11) is 0. The van der Waals surface area contributed by atoms with Gasteiger partial charge in [-0.2, -0.15) is 11.8 Å². The average molecular weight is 280 g/mol. The molecule has 0 saturated carbocycles. The maximum atomic E-state index is 11.9. The lowest BCUT2D eigenvalue weighted by Gasteiger charge is -2.22. The highest BCUT2D eigenvalue weighted by atomic mass is 35.5. The van der Waals surface area contributed by atoms with Gasteiger partial charge in [0.1, 0.15) is 5.78 Å². The van der Waals surface area contributed by atoms with Crippen molar-refractivity contribution in [3.05, 3.63) is 0 Å². The van der Waals surface area contributed by atoms with Crippen LogP contribution in [-0.4, -0.2) is 28.9 Å². The van der Waals surface area contributed by atoms with Gasteiger partial charge in [-0.05, 0) is 31.6 Å². The van der Waals surface area contributed by atoms with E-state index < -0.39 is 0 Å². The summed E-state index contributed by atoms with van der Waals surface area (Å²) in [6.07, 6.45) is 5.26. The van der Waals surface area contributed by atoms with E-state index in [1.54, 1.807) is 0 Å². The van der Waals surface area contributed by atoms with Crippen LogP contribution in [0.3, 0.4) is 0 Å². The molecule has 1 N–H and O–H groups in total. The molecule has 1 rings (SSSR count). The maximum Gasteiger partial charge on any atom is 0.149 e. The van der Waals surface area contributed by atoms with Crippen LogP contribution in [0.15, 0.2) is 0 Å². The van der Waals surface area contributed by atoms with E-state index in [-0.39, 0.29) is 18.4 Å². The van der Waals surface area contributed by atoms with Crippen LogP contribution in [0.25, 0.3) is 0 Å². The number of carbonyl (C=O) groups excluding carboxylic acids is 1. The molecule has 1 fully saturated rings. The number of halogens is 1. The molecule has 0 spiro atoms. The average Bonchev–Trinajstić information content (AvgIpc) is 2.24. The topological polar surface area (TPSA) is 29.1 Å². The molecule has 0 aromatic carbocycles. The Balaban J connectivity index is 0.00000256. The highest BCUT2D eigenvalue weighted by molar-refractivity contribution is 8.00. The number of hydrogen-bond acceptors (Lipinski definition) is 3. The van der Waals surface area contributed by atoms with Crippen molar-refractivity contribution in [1.29, 1.82) is 0 Å². The quantitative estimate of drug-likeness (QED) is 0.782. The number of rotatable bonds is 5. The van der Waals surface area contributed by atoms with Crippen molar-refractivity contribution in [2.45, 2.75) is 63.7 Å². The lowest BCUT2D eigenvalue weighted by molar-refractivity contribution is -0.121. The number of Topliss-reactive ketones (excluding diaryl/α,β-unsaturated/α-hetero) is 1. The molecule has 0 aromatic heterocycles. The minimum atomic E-state index is 0. The van der Waals surface area contributed by atoms with Crippen LogP contribution >= 0.6 is 24.2 Å². The van der Waals surface area contributed by atoms with Gasteiger partial charge in [-0.3, -0.25) is 4.79 Å². The summed E-state index contributed by atoms with van der Waals surface area (Å²) in [5.41, 5.74) is 0. The van der Waals surface area contributed by atoms with Gasteiger partial charge in [-0.25, -0.2) is 0 Å². The standard InChI is InChI=1S/C13H25NOS.ClH/c1-13(2,3)16-10-6-8-12(15)11-7-4-5-9-14-11;/h11,14H,4-10H2,1-3H3;1H/t11-;/m0./s1. The molecule has 0 aromatic rings. The number of hydrogen-bond donors (Lipinski definition) is 1. The Morgan fingerprint density at radius 1 is 1.35 bits per heavy atom. The fourth-order valence-corrected chi connectivity index (χ4v) is 2.83. The molecule has 1 aliphatic heterocycles. The molecule has 0 radical (unpaired) electrons. The predicted octanol–water partition coefficient (Wildman–Crippen LogP) is 3.43. The molecule has 1 heterocycles. The third-order valence-electron chi connectivity index (χ3n) is 2.80. The summed E-state index contributed by atoms with van der Waals surface area (Å²) in [6.45, 7) is 7.69. The molecule has 1 saturated heterocycles. The first-order valence-electron chi connectivity index (χ1n) is 6.39. The van der Waals surface area contributed by atoms with Crippen LogP contribution < -0.4 is 5.32 Å². The summed E-state index contributed by atoms with van der Waals surface area (Å²) >= 11 is 1.95. The van der Waals surface area contributed by atoms with E-state index >= 15 is 0 Å². The van der Waals surface area contributed by atoms with Gasteiger partial charge < -0.3 is 5.32 Å². The fraction of sp³-hybridized carbons (Fsp3) is 0.923. The van der Waals surface area contributed by atoms with E-state index in [1.807, 2.05) is 11.8 Å². The lowest BCUT2D eigenvalue weighted by atomic mass is 9.99. The molecule has 1 aliphatic rings. The summed E-state index contributed by atoms with van der Waals surface area (Å²) in [6, 6.07) is 0.161. The minimum Gasteiger partial charge on any atom is -0.307 e. The second kappa shape index (κ2) is 8.39. The van der Waals surface area contributed by atoms with Crippen molar-refractivity contribution >= 4 is 30.0 Å². The Bertz CT molecular complexity index is 222. The van der Waals surface area contributed by atoms with Crippen molar-refractivity contribution in [3.8, 4) is 0 Å². The Hall–Kier alpha value is 0.270. The first-order valence-corrected chi connectivity index (χ1v) is 7.38. The zero-order valence-electron chi connectivity index (χ0n) is 11.3. The van der Waals surface area contributed by atoms with Crippen LogP contribution in [0, 0.1) is 0 Å². The first kappa shape index (κ1) is 17.3. The molecule has 4 heteroatoms. The second-order valence-corrected chi connectivity index (χ2v) is 7.45. The molecule has 0 aliphatic carbocycles. The lowest BCUT2D eigenvalue weighted by Crippen LogP contribution is -2.40. The Morgan fingerprint density at radius 2 is 2.06 bits per heavy atom. The largest absolute Gasteiger partial charge is 0.307 e. The van der Waals surface area contributed by atoms with Crippen LogP contribution in [0.4, 0.5) is 0 Å². The molecule has 1 atom stereocenters. The van der Waals surface area contributed by atoms with Gasteiger partial charge in [0.05, 0.1) is 6.04 Å². The normalized spacial score (nSPS) is 20.8. The van der Waals surface area contributed by atoms with Crippen molar-refractivity contribution < 1.29 is 4.79 Å². The number of carbonyl (C=O) groups is 1. The SMILES string of the molecule is CC(C)(C)SCCCC(=O)[C@@H]1CCCCN1.Cl. The van der Waals surface area contributed by atoms with E-state index in [2.05, 4.69) is 26.1 Å². The maximum absolute atomic E-state index is 11.9. The minimum absolute atomic E-state index is 0. The van der Waals surface area contributed by atoms with Gasteiger partial charge in [0.25, 0.3) is 0 Å². The highest BCUT2D eigenvalue weighted by Crippen LogP contribution is 2.24. The summed E-state index contributed by atoms with van der Waals surface area (Å²) in [4.78, 5) is 11.9. The van der Waals surface area contributed by atoms with Crippen molar-refractivity contribution in [3.63, 3.8) is 0 Å². The van der Waals surface area contributed by atoms with Gasteiger partial charge in [-0.1, -0.05) is 27.2 Å². The monoisotopic (exact) mass is 279 g/mol. The van der Waals surface area contributed by atoms with E-state index in [9.17, 15) is 4.79 Å². The van der Waals surface area contributed by atoms with Gasteiger partial charge in [0, 0.05) is 11.2 Å². The Labute approximate surface area is 116 Å². The molecule has 0 unspecified atom stereocenters. The third-order valence-corrected chi connectivity index (χ3v) is 4.16. The number of nitrogens with one attached hydrogen (secondary N) is 1. The second-order valence-electron chi connectivity index (χ2n) is 5.53. The predicted molar refractivity (Wildman–Crippen MR) is 79.3 cm³/mol. The van der Waals surface area contributed by atoms with Crippen LogP contribution in [-0.2, 0) is 4.79 Å².